The van der Waals surface area contributed by atoms with Crippen molar-refractivity contribution in [2.24, 2.45) is 4.99 Å². The Morgan fingerprint density at radius 3 is 2.39 bits per heavy atom. The van der Waals surface area contributed by atoms with E-state index in [1.807, 2.05) is 0 Å². The summed E-state index contributed by atoms with van der Waals surface area (Å²) in [6, 6.07) is 10.1. The first-order valence-electron chi connectivity index (χ1n) is 5.03. The van der Waals surface area contributed by atoms with E-state index in [4.69, 9.17) is 23.2 Å². The molecule has 18 heavy (non-hydrogen) atoms. The second-order valence-corrected chi connectivity index (χ2v) is 5.38. The van der Waals surface area contributed by atoms with Crippen molar-refractivity contribution in [3.8, 4) is 5.75 Å². The molecular formula is C13H8BrCl2NO. The summed E-state index contributed by atoms with van der Waals surface area (Å²) in [5, 5.41) is 10.7. The van der Waals surface area contributed by atoms with E-state index in [9.17, 15) is 5.11 Å². The summed E-state index contributed by atoms with van der Waals surface area (Å²) < 4.78 is 0.867. The van der Waals surface area contributed by atoms with Gasteiger partial charge >= 0.3 is 0 Å². The molecule has 0 aliphatic carbocycles. The molecule has 5 heteroatoms. The summed E-state index contributed by atoms with van der Waals surface area (Å²) in [5.41, 5.74) is 1.24. The molecule has 2 aromatic rings. The zero-order valence-electron chi connectivity index (χ0n) is 9.07. The van der Waals surface area contributed by atoms with Crippen molar-refractivity contribution in [3.63, 3.8) is 0 Å². The zero-order chi connectivity index (χ0) is 13.1. The molecule has 0 aliphatic heterocycles. The van der Waals surface area contributed by atoms with E-state index < -0.39 is 0 Å². The number of aromatic hydroxyl groups is 1. The van der Waals surface area contributed by atoms with Crippen LogP contribution < -0.4 is 0 Å². The molecule has 2 rings (SSSR count). The lowest BCUT2D eigenvalue weighted by Crippen LogP contribution is -1.82. The SMILES string of the molecule is Oc1ccc(Br)cc1C=Nc1cc(Cl)cc(Cl)c1. The molecule has 0 amide bonds. The third-order valence-corrected chi connectivity index (χ3v) is 3.12. The van der Waals surface area contributed by atoms with Crippen LogP contribution in [0.2, 0.25) is 10.0 Å². The fourth-order valence-corrected chi connectivity index (χ4v) is 2.28. The molecule has 2 nitrogen and oxygen atoms in total. The number of phenolic OH excluding ortho intramolecular Hbond substituents is 1. The Kier molecular flexibility index (Phi) is 4.27. The average Bonchev–Trinajstić information content (AvgIpc) is 2.29. The molecule has 1 N–H and O–H groups in total. The van der Waals surface area contributed by atoms with E-state index in [1.165, 1.54) is 0 Å². The molecule has 0 saturated heterocycles. The van der Waals surface area contributed by atoms with Gasteiger partial charge in [-0.1, -0.05) is 39.1 Å². The van der Waals surface area contributed by atoms with Gasteiger partial charge in [0.15, 0.2) is 0 Å². The second kappa shape index (κ2) is 5.74. The predicted molar refractivity (Wildman–Crippen MR) is 79.5 cm³/mol. The van der Waals surface area contributed by atoms with Crippen LogP contribution in [0, 0.1) is 0 Å². The largest absolute Gasteiger partial charge is 0.507 e. The molecule has 92 valence electrons. The molecule has 0 aromatic heterocycles. The van der Waals surface area contributed by atoms with Gasteiger partial charge in [0.25, 0.3) is 0 Å². The van der Waals surface area contributed by atoms with Crippen LogP contribution in [0.3, 0.4) is 0 Å². The fraction of sp³-hybridized carbons (Fsp3) is 0. The molecule has 2 aromatic carbocycles. The molecule has 0 radical (unpaired) electrons. The molecule has 0 atom stereocenters. The third kappa shape index (κ3) is 3.48. The number of nitrogens with zero attached hydrogens (tertiary/aromatic N) is 1. The van der Waals surface area contributed by atoms with Crippen LogP contribution >= 0.6 is 39.1 Å². The Bertz CT molecular complexity index is 594. The first-order valence-corrected chi connectivity index (χ1v) is 6.58. The standard InChI is InChI=1S/C13H8BrCl2NO/c14-9-1-2-13(18)8(3-9)7-17-12-5-10(15)4-11(16)6-12/h1-7,18H. The minimum absolute atomic E-state index is 0.162. The maximum Gasteiger partial charge on any atom is 0.124 e. The van der Waals surface area contributed by atoms with Crippen LogP contribution in [0.5, 0.6) is 5.75 Å². The lowest BCUT2D eigenvalue weighted by molar-refractivity contribution is 0.474. The van der Waals surface area contributed by atoms with Crippen molar-refractivity contribution >= 4 is 51.0 Å². The minimum Gasteiger partial charge on any atom is -0.507 e. The number of hydrogen-bond donors (Lipinski definition) is 1. The van der Waals surface area contributed by atoms with Crippen molar-refractivity contribution in [1.29, 1.82) is 0 Å². The summed E-state index contributed by atoms with van der Waals surface area (Å²) in [4.78, 5) is 4.23. The van der Waals surface area contributed by atoms with Gasteiger partial charge in [-0.15, -0.1) is 0 Å². The minimum atomic E-state index is 0.162. The van der Waals surface area contributed by atoms with Gasteiger partial charge in [-0.25, -0.2) is 0 Å². The van der Waals surface area contributed by atoms with Crippen LogP contribution in [0.1, 0.15) is 5.56 Å². The second-order valence-electron chi connectivity index (χ2n) is 3.59. The van der Waals surface area contributed by atoms with Gasteiger partial charge in [0.2, 0.25) is 0 Å². The summed E-state index contributed by atoms with van der Waals surface area (Å²) in [7, 11) is 0. The smallest absolute Gasteiger partial charge is 0.124 e. The molecular weight excluding hydrogens is 337 g/mol. The number of phenols is 1. The highest BCUT2D eigenvalue weighted by atomic mass is 79.9. The molecule has 0 aliphatic rings. The van der Waals surface area contributed by atoms with Crippen molar-refractivity contribution in [2.75, 3.05) is 0 Å². The van der Waals surface area contributed by atoms with Crippen LogP contribution in [0.25, 0.3) is 0 Å². The molecule has 0 saturated carbocycles. The molecule has 0 unspecified atom stereocenters. The van der Waals surface area contributed by atoms with E-state index in [2.05, 4.69) is 20.9 Å². The van der Waals surface area contributed by atoms with Gasteiger partial charge in [0.1, 0.15) is 5.75 Å². The molecule has 0 bridgehead atoms. The Hall–Kier alpha value is -1.03. The number of halogens is 3. The average molecular weight is 345 g/mol. The first-order chi connectivity index (χ1) is 8.54. The maximum absolute atomic E-state index is 9.66. The predicted octanol–water partition coefficient (Wildman–Crippen LogP) is 5.21. The van der Waals surface area contributed by atoms with Crippen molar-refractivity contribution in [1.82, 2.24) is 0 Å². The Balaban J connectivity index is 2.32. The van der Waals surface area contributed by atoms with Gasteiger partial charge in [-0.3, -0.25) is 4.99 Å². The Labute approximate surface area is 123 Å². The van der Waals surface area contributed by atoms with E-state index in [1.54, 1.807) is 42.6 Å². The Morgan fingerprint density at radius 2 is 1.72 bits per heavy atom. The quantitative estimate of drug-likeness (QED) is 0.745. The summed E-state index contributed by atoms with van der Waals surface area (Å²) >= 11 is 15.1. The van der Waals surface area contributed by atoms with E-state index in [-0.39, 0.29) is 5.75 Å². The third-order valence-electron chi connectivity index (χ3n) is 2.19. The van der Waals surface area contributed by atoms with Gasteiger partial charge in [0.05, 0.1) is 5.69 Å². The molecule has 0 spiro atoms. The molecule has 0 fully saturated rings. The van der Waals surface area contributed by atoms with Crippen molar-refractivity contribution < 1.29 is 5.11 Å². The first kappa shape index (κ1) is 13.4. The van der Waals surface area contributed by atoms with Crippen LogP contribution in [0.4, 0.5) is 5.69 Å². The van der Waals surface area contributed by atoms with Gasteiger partial charge in [-0.2, -0.15) is 0 Å². The van der Waals surface area contributed by atoms with Gasteiger partial charge < -0.3 is 5.11 Å². The normalized spacial score (nSPS) is 11.1. The maximum atomic E-state index is 9.66. The number of benzene rings is 2. The highest BCUT2D eigenvalue weighted by Crippen LogP contribution is 2.25. The highest BCUT2D eigenvalue weighted by Gasteiger charge is 2.00. The Morgan fingerprint density at radius 1 is 1.06 bits per heavy atom. The lowest BCUT2D eigenvalue weighted by atomic mass is 10.2. The van der Waals surface area contributed by atoms with Crippen molar-refractivity contribution in [2.45, 2.75) is 0 Å². The van der Waals surface area contributed by atoms with E-state index in [0.717, 1.165) is 4.47 Å². The fourth-order valence-electron chi connectivity index (χ4n) is 1.39. The van der Waals surface area contributed by atoms with Crippen molar-refractivity contribution in [3.05, 3.63) is 56.5 Å². The van der Waals surface area contributed by atoms with Gasteiger partial charge in [-0.05, 0) is 36.4 Å². The van der Waals surface area contributed by atoms with Crippen LogP contribution in [0.15, 0.2) is 45.9 Å². The highest BCUT2D eigenvalue weighted by molar-refractivity contribution is 9.10. The monoisotopic (exact) mass is 343 g/mol. The molecule has 0 heterocycles. The van der Waals surface area contributed by atoms with Crippen LogP contribution in [-0.4, -0.2) is 11.3 Å². The van der Waals surface area contributed by atoms with Crippen LogP contribution in [-0.2, 0) is 0 Å². The van der Waals surface area contributed by atoms with E-state index in [0.29, 0.717) is 21.3 Å². The summed E-state index contributed by atoms with van der Waals surface area (Å²) in [5.74, 6) is 0.162. The van der Waals surface area contributed by atoms with Gasteiger partial charge in [0, 0.05) is 26.3 Å². The number of aliphatic imine (C=N–C) groups is 1. The zero-order valence-corrected chi connectivity index (χ0v) is 12.2. The summed E-state index contributed by atoms with van der Waals surface area (Å²) in [6.45, 7) is 0. The van der Waals surface area contributed by atoms with E-state index >= 15 is 0 Å². The topological polar surface area (TPSA) is 32.6 Å². The lowest BCUT2D eigenvalue weighted by Gasteiger charge is -2.00. The number of hydrogen-bond acceptors (Lipinski definition) is 2. The summed E-state index contributed by atoms with van der Waals surface area (Å²) in [6.07, 6.45) is 1.56. The number of rotatable bonds is 2.